The fourth-order valence-electron chi connectivity index (χ4n) is 1.04. The average Bonchev–Trinajstić information content (AvgIpc) is 2.20. The summed E-state index contributed by atoms with van der Waals surface area (Å²) in [6.07, 6.45) is -0.782. The predicted octanol–water partition coefficient (Wildman–Crippen LogP) is 1.08. The number of hydrogen-bond acceptors (Lipinski definition) is 3. The topological polar surface area (TPSA) is 72.6 Å². The van der Waals surface area contributed by atoms with Crippen LogP contribution < -0.4 is 10.5 Å². The molecule has 0 aliphatic carbocycles. The van der Waals surface area contributed by atoms with E-state index in [1.54, 1.807) is 18.2 Å². The van der Waals surface area contributed by atoms with Gasteiger partial charge in [0.2, 0.25) is 0 Å². The van der Waals surface area contributed by atoms with Gasteiger partial charge < -0.3 is 15.6 Å². The maximum absolute atomic E-state index is 10.8. The number of nitrogens with two attached hydrogens (primary N) is 1. The molecule has 1 aromatic rings. The van der Waals surface area contributed by atoms with E-state index in [4.69, 9.17) is 27.2 Å². The van der Waals surface area contributed by atoms with Crippen molar-refractivity contribution < 1.29 is 14.6 Å². The molecule has 0 aliphatic heterocycles. The summed E-state index contributed by atoms with van der Waals surface area (Å²) in [7, 11) is 0. The van der Waals surface area contributed by atoms with E-state index in [1.165, 1.54) is 6.92 Å². The van der Waals surface area contributed by atoms with Crippen LogP contribution in [0.4, 0.5) is 0 Å². The Hall–Kier alpha value is -1.26. The molecule has 1 amide bonds. The maximum atomic E-state index is 10.8. The lowest BCUT2D eigenvalue weighted by Crippen LogP contribution is -2.31. The van der Waals surface area contributed by atoms with E-state index in [2.05, 4.69) is 0 Å². The van der Waals surface area contributed by atoms with E-state index in [0.717, 1.165) is 0 Å². The van der Waals surface area contributed by atoms with Crippen molar-refractivity contribution in [2.75, 3.05) is 0 Å². The standard InChI is InChI=1S/C10H12ClNO3/c1-6(10(12)14)15-9-7(5-13)3-2-4-8(9)11/h2-4,6,13H,5H2,1H3,(H2,12,14). The molecule has 1 unspecified atom stereocenters. The third kappa shape index (κ3) is 2.84. The fraction of sp³-hybridized carbons (Fsp3) is 0.300. The van der Waals surface area contributed by atoms with Crippen LogP contribution in [0.15, 0.2) is 18.2 Å². The molecule has 0 heterocycles. The summed E-state index contributed by atoms with van der Waals surface area (Å²) in [6.45, 7) is 1.31. The second kappa shape index (κ2) is 5.00. The summed E-state index contributed by atoms with van der Waals surface area (Å²) in [5.41, 5.74) is 5.58. The number of amides is 1. The van der Waals surface area contributed by atoms with Gasteiger partial charge in [0.1, 0.15) is 5.75 Å². The minimum Gasteiger partial charge on any atom is -0.479 e. The lowest BCUT2D eigenvalue weighted by atomic mass is 10.2. The summed E-state index contributed by atoms with van der Waals surface area (Å²) in [5, 5.41) is 9.38. The van der Waals surface area contributed by atoms with E-state index in [0.29, 0.717) is 16.3 Å². The van der Waals surface area contributed by atoms with Crippen molar-refractivity contribution in [2.24, 2.45) is 5.73 Å². The number of aliphatic hydroxyl groups is 1. The molecule has 0 spiro atoms. The zero-order chi connectivity index (χ0) is 11.4. The Morgan fingerprint density at radius 1 is 1.67 bits per heavy atom. The first-order chi connectivity index (χ1) is 7.06. The molecule has 0 aromatic heterocycles. The first-order valence-corrected chi connectivity index (χ1v) is 4.78. The summed E-state index contributed by atoms with van der Waals surface area (Å²) in [5.74, 6) is -0.285. The number of carbonyl (C=O) groups excluding carboxylic acids is 1. The molecule has 0 saturated carbocycles. The second-order valence-electron chi connectivity index (χ2n) is 3.05. The molecular formula is C10H12ClNO3. The second-order valence-corrected chi connectivity index (χ2v) is 3.46. The molecule has 0 radical (unpaired) electrons. The van der Waals surface area contributed by atoms with Gasteiger partial charge in [-0.25, -0.2) is 0 Å². The molecule has 0 aliphatic rings. The molecule has 5 heteroatoms. The minimum absolute atomic E-state index is 0.207. The quantitative estimate of drug-likeness (QED) is 0.812. The van der Waals surface area contributed by atoms with Gasteiger partial charge in [-0.2, -0.15) is 0 Å². The number of halogens is 1. The van der Waals surface area contributed by atoms with Crippen LogP contribution in [0, 0.1) is 0 Å². The number of aliphatic hydroxyl groups excluding tert-OH is 1. The third-order valence-corrected chi connectivity index (χ3v) is 2.21. The van der Waals surface area contributed by atoms with Crippen molar-refractivity contribution in [2.45, 2.75) is 19.6 Å². The van der Waals surface area contributed by atoms with Gasteiger partial charge in [-0.05, 0) is 13.0 Å². The molecule has 0 bridgehead atoms. The third-order valence-electron chi connectivity index (χ3n) is 1.91. The molecule has 1 atom stereocenters. The van der Waals surface area contributed by atoms with Crippen LogP contribution >= 0.6 is 11.6 Å². The summed E-state index contributed by atoms with van der Waals surface area (Å²) >= 11 is 5.87. The molecule has 1 rings (SSSR count). The number of para-hydroxylation sites is 1. The maximum Gasteiger partial charge on any atom is 0.258 e. The van der Waals surface area contributed by atoms with Crippen LogP contribution in [0.1, 0.15) is 12.5 Å². The monoisotopic (exact) mass is 229 g/mol. The number of ether oxygens (including phenoxy) is 1. The van der Waals surface area contributed by atoms with E-state index < -0.39 is 12.0 Å². The van der Waals surface area contributed by atoms with Crippen molar-refractivity contribution in [1.29, 1.82) is 0 Å². The van der Waals surface area contributed by atoms with Gasteiger partial charge in [0.15, 0.2) is 6.10 Å². The molecule has 0 saturated heterocycles. The van der Waals surface area contributed by atoms with Gasteiger partial charge in [-0.1, -0.05) is 23.7 Å². The van der Waals surface area contributed by atoms with Crippen LogP contribution in [0.25, 0.3) is 0 Å². The molecule has 15 heavy (non-hydrogen) atoms. The van der Waals surface area contributed by atoms with Gasteiger partial charge in [0.25, 0.3) is 5.91 Å². The van der Waals surface area contributed by atoms with Gasteiger partial charge in [0, 0.05) is 5.56 Å². The molecule has 4 nitrogen and oxygen atoms in total. The summed E-state index contributed by atoms with van der Waals surface area (Å²) < 4.78 is 5.26. The van der Waals surface area contributed by atoms with Crippen molar-refractivity contribution >= 4 is 17.5 Å². The van der Waals surface area contributed by atoms with Crippen molar-refractivity contribution in [1.82, 2.24) is 0 Å². The SMILES string of the molecule is CC(Oc1c(Cl)cccc1CO)C(N)=O. The lowest BCUT2D eigenvalue weighted by Gasteiger charge is -2.15. The zero-order valence-corrected chi connectivity index (χ0v) is 8.99. The van der Waals surface area contributed by atoms with E-state index in [1.807, 2.05) is 0 Å². The Kier molecular flexibility index (Phi) is 3.94. The van der Waals surface area contributed by atoms with E-state index in [9.17, 15) is 4.79 Å². The highest BCUT2D eigenvalue weighted by molar-refractivity contribution is 6.32. The van der Waals surface area contributed by atoms with Crippen LogP contribution in [-0.4, -0.2) is 17.1 Å². The van der Waals surface area contributed by atoms with Crippen LogP contribution in [0.3, 0.4) is 0 Å². The number of benzene rings is 1. The Labute approximate surface area is 92.6 Å². The van der Waals surface area contributed by atoms with Gasteiger partial charge in [-0.3, -0.25) is 4.79 Å². The van der Waals surface area contributed by atoms with Crippen LogP contribution in [0.2, 0.25) is 5.02 Å². The Bertz CT molecular complexity index is 368. The lowest BCUT2D eigenvalue weighted by molar-refractivity contribution is -0.124. The van der Waals surface area contributed by atoms with E-state index >= 15 is 0 Å². The molecule has 82 valence electrons. The zero-order valence-electron chi connectivity index (χ0n) is 8.24. The predicted molar refractivity (Wildman–Crippen MR) is 56.7 cm³/mol. The number of rotatable bonds is 4. The first kappa shape index (κ1) is 11.8. The molecular weight excluding hydrogens is 218 g/mol. The number of primary amides is 1. The van der Waals surface area contributed by atoms with Crippen LogP contribution in [0.5, 0.6) is 5.75 Å². The Balaban J connectivity index is 2.97. The van der Waals surface area contributed by atoms with E-state index in [-0.39, 0.29) is 6.61 Å². The van der Waals surface area contributed by atoms with Gasteiger partial charge in [0.05, 0.1) is 11.6 Å². The van der Waals surface area contributed by atoms with Gasteiger partial charge in [-0.15, -0.1) is 0 Å². The summed E-state index contributed by atoms with van der Waals surface area (Å²) in [6, 6.07) is 4.97. The molecule has 3 N–H and O–H groups in total. The van der Waals surface area contributed by atoms with Crippen molar-refractivity contribution in [3.8, 4) is 5.75 Å². The molecule has 0 fully saturated rings. The van der Waals surface area contributed by atoms with Gasteiger partial charge >= 0.3 is 0 Å². The first-order valence-electron chi connectivity index (χ1n) is 4.40. The fourth-order valence-corrected chi connectivity index (χ4v) is 1.28. The van der Waals surface area contributed by atoms with Crippen molar-refractivity contribution in [3.05, 3.63) is 28.8 Å². The van der Waals surface area contributed by atoms with Crippen LogP contribution in [-0.2, 0) is 11.4 Å². The highest BCUT2D eigenvalue weighted by Gasteiger charge is 2.15. The average molecular weight is 230 g/mol. The normalized spacial score (nSPS) is 12.2. The minimum atomic E-state index is -0.782. The largest absolute Gasteiger partial charge is 0.479 e. The number of hydrogen-bond donors (Lipinski definition) is 2. The Morgan fingerprint density at radius 2 is 2.33 bits per heavy atom. The smallest absolute Gasteiger partial charge is 0.258 e. The highest BCUT2D eigenvalue weighted by atomic mass is 35.5. The van der Waals surface area contributed by atoms with Crippen molar-refractivity contribution in [3.63, 3.8) is 0 Å². The number of carbonyl (C=O) groups is 1. The summed E-state index contributed by atoms with van der Waals surface area (Å²) in [4.78, 5) is 10.8. The Morgan fingerprint density at radius 3 is 2.87 bits per heavy atom. The molecule has 1 aromatic carbocycles. The highest BCUT2D eigenvalue weighted by Crippen LogP contribution is 2.29.